The fourth-order valence-electron chi connectivity index (χ4n) is 2.23. The molecule has 0 aliphatic rings. The Morgan fingerprint density at radius 2 is 1.83 bits per heavy atom. The van der Waals surface area contributed by atoms with Crippen molar-refractivity contribution in [2.24, 2.45) is 4.99 Å². The van der Waals surface area contributed by atoms with Gasteiger partial charge >= 0.3 is 6.18 Å². The lowest BCUT2D eigenvalue weighted by atomic mass is 10.0. The average Bonchev–Trinajstić information content (AvgIpc) is 2.49. The molecule has 24 heavy (non-hydrogen) atoms. The molecule has 1 aromatic heterocycles. The summed E-state index contributed by atoms with van der Waals surface area (Å²) in [7, 11) is 1.26. The molecule has 0 saturated heterocycles. The Hall–Kier alpha value is -1.99. The lowest BCUT2D eigenvalue weighted by Gasteiger charge is -2.18. The molecule has 128 valence electrons. The summed E-state index contributed by atoms with van der Waals surface area (Å²) in [4.78, 5) is 3.81. The first-order valence-corrected chi connectivity index (χ1v) is 7.20. The van der Waals surface area contributed by atoms with E-state index in [1.807, 2.05) is 0 Å². The smallest absolute Gasteiger partial charge is 0.398 e. The first-order chi connectivity index (χ1) is 11.1. The second kappa shape index (κ2) is 6.49. The van der Waals surface area contributed by atoms with Crippen LogP contribution in [0.25, 0.3) is 17.3 Å². The third-order valence-corrected chi connectivity index (χ3v) is 3.88. The van der Waals surface area contributed by atoms with E-state index in [1.54, 1.807) is 0 Å². The van der Waals surface area contributed by atoms with Gasteiger partial charge in [0, 0.05) is 24.4 Å². The van der Waals surface area contributed by atoms with Gasteiger partial charge in [0.15, 0.2) is 0 Å². The molecule has 0 bridgehead atoms. The number of anilines is 1. The summed E-state index contributed by atoms with van der Waals surface area (Å²) < 4.78 is 54.5. The van der Waals surface area contributed by atoms with E-state index >= 15 is 0 Å². The Kier molecular flexibility index (Phi) is 4.96. The van der Waals surface area contributed by atoms with Crippen LogP contribution in [0.4, 0.5) is 23.2 Å². The summed E-state index contributed by atoms with van der Waals surface area (Å²) in [5.74, 6) is -0.795. The maximum Gasteiger partial charge on any atom is 0.431 e. The minimum Gasteiger partial charge on any atom is -0.398 e. The highest BCUT2D eigenvalue weighted by Crippen LogP contribution is 2.36. The zero-order valence-corrected chi connectivity index (χ0v) is 13.8. The number of alkyl halides is 3. The summed E-state index contributed by atoms with van der Waals surface area (Å²) in [5, 5.41) is -0.354. The number of hydrogen-bond donors (Lipinski definition) is 1. The van der Waals surface area contributed by atoms with Crippen LogP contribution in [-0.4, -0.2) is 11.6 Å². The normalized spacial score (nSPS) is 12.5. The van der Waals surface area contributed by atoms with Gasteiger partial charge in [-0.15, -0.1) is 0 Å². The van der Waals surface area contributed by atoms with Gasteiger partial charge in [-0.1, -0.05) is 29.8 Å². The van der Waals surface area contributed by atoms with Gasteiger partial charge in [0.2, 0.25) is 0 Å². The molecule has 0 amide bonds. The van der Waals surface area contributed by atoms with E-state index < -0.39 is 17.7 Å². The standard InChI is InChI=1S/C15H11Cl2F4N3/c1-3-24-12(15(19,20)21)6-9(17)13(14(24)23-2)7-4-11(22)8(16)5-10(7)18/h3-6H,1,22H2,2H3. The van der Waals surface area contributed by atoms with Crippen LogP contribution in [0.15, 0.2) is 29.8 Å². The molecule has 0 saturated carbocycles. The average molecular weight is 380 g/mol. The quantitative estimate of drug-likeness (QED) is 0.589. The molecule has 0 atom stereocenters. The molecular weight excluding hydrogens is 369 g/mol. The number of pyridine rings is 1. The fraction of sp³-hybridized carbons (Fsp3) is 0.133. The summed E-state index contributed by atoms with van der Waals surface area (Å²) in [6.45, 7) is 3.35. The number of nitrogen functional groups attached to an aromatic ring is 1. The molecular formula is C15H11Cl2F4N3. The van der Waals surface area contributed by atoms with Gasteiger partial charge < -0.3 is 5.73 Å². The highest BCUT2D eigenvalue weighted by molar-refractivity contribution is 6.34. The molecule has 2 aromatic rings. The minimum atomic E-state index is -4.70. The van der Waals surface area contributed by atoms with E-state index in [4.69, 9.17) is 28.9 Å². The molecule has 0 unspecified atom stereocenters. The van der Waals surface area contributed by atoms with Gasteiger partial charge in [0.1, 0.15) is 17.0 Å². The first-order valence-electron chi connectivity index (χ1n) is 6.44. The fourth-order valence-corrected chi connectivity index (χ4v) is 2.67. The number of aromatic nitrogens is 1. The van der Waals surface area contributed by atoms with E-state index in [1.165, 1.54) is 13.1 Å². The zero-order chi connectivity index (χ0) is 18.2. The van der Waals surface area contributed by atoms with Crippen LogP contribution in [0.1, 0.15) is 5.69 Å². The second-order valence-corrected chi connectivity index (χ2v) is 5.52. The molecule has 1 heterocycles. The van der Waals surface area contributed by atoms with Crippen LogP contribution in [-0.2, 0) is 6.18 Å². The van der Waals surface area contributed by atoms with E-state index in [0.29, 0.717) is 10.6 Å². The van der Waals surface area contributed by atoms with E-state index in [0.717, 1.165) is 12.3 Å². The molecule has 9 heteroatoms. The molecule has 0 fully saturated rings. The number of nitrogens with zero attached hydrogens (tertiary/aromatic N) is 2. The van der Waals surface area contributed by atoms with Gasteiger partial charge in [-0.3, -0.25) is 9.56 Å². The third-order valence-electron chi connectivity index (χ3n) is 3.25. The van der Waals surface area contributed by atoms with Gasteiger partial charge in [-0.05, 0) is 18.2 Å². The van der Waals surface area contributed by atoms with Gasteiger partial charge in [0.25, 0.3) is 0 Å². The summed E-state index contributed by atoms with van der Waals surface area (Å²) in [5.41, 5.74) is 4.24. The Bertz CT molecular complexity index is 886. The lowest BCUT2D eigenvalue weighted by Crippen LogP contribution is -2.27. The van der Waals surface area contributed by atoms with E-state index in [2.05, 4.69) is 11.6 Å². The Morgan fingerprint density at radius 1 is 1.21 bits per heavy atom. The Labute approximate surface area is 144 Å². The van der Waals surface area contributed by atoms with Crippen molar-refractivity contribution in [1.29, 1.82) is 0 Å². The molecule has 1 aromatic carbocycles. The predicted molar refractivity (Wildman–Crippen MR) is 87.1 cm³/mol. The van der Waals surface area contributed by atoms with Crippen molar-refractivity contribution in [2.45, 2.75) is 6.18 Å². The van der Waals surface area contributed by atoms with Crippen molar-refractivity contribution in [3.8, 4) is 11.1 Å². The van der Waals surface area contributed by atoms with Gasteiger partial charge in [-0.25, -0.2) is 4.39 Å². The molecule has 0 aliphatic heterocycles. The second-order valence-electron chi connectivity index (χ2n) is 4.70. The third kappa shape index (κ3) is 3.14. The highest BCUT2D eigenvalue weighted by Gasteiger charge is 2.35. The van der Waals surface area contributed by atoms with Crippen molar-refractivity contribution >= 4 is 35.1 Å². The largest absolute Gasteiger partial charge is 0.431 e. The zero-order valence-electron chi connectivity index (χ0n) is 12.3. The van der Waals surface area contributed by atoms with Crippen molar-refractivity contribution in [1.82, 2.24) is 4.57 Å². The number of hydrogen-bond acceptors (Lipinski definition) is 2. The topological polar surface area (TPSA) is 43.3 Å². The maximum absolute atomic E-state index is 14.3. The molecule has 0 spiro atoms. The van der Waals surface area contributed by atoms with Crippen LogP contribution in [0, 0.1) is 5.82 Å². The molecule has 2 rings (SSSR count). The van der Waals surface area contributed by atoms with Crippen LogP contribution in [0.5, 0.6) is 0 Å². The highest BCUT2D eigenvalue weighted by atomic mass is 35.5. The van der Waals surface area contributed by atoms with Crippen molar-refractivity contribution in [3.63, 3.8) is 0 Å². The van der Waals surface area contributed by atoms with Crippen LogP contribution < -0.4 is 11.2 Å². The number of rotatable bonds is 2. The van der Waals surface area contributed by atoms with Crippen LogP contribution in [0.2, 0.25) is 10.0 Å². The maximum atomic E-state index is 14.3. The van der Waals surface area contributed by atoms with Crippen molar-refractivity contribution < 1.29 is 17.6 Å². The minimum absolute atomic E-state index is 0.0223. The molecule has 2 N–H and O–H groups in total. The SMILES string of the molecule is C=Cn1c(C(F)(F)F)cc(Cl)c(-c2cc(N)c(Cl)cc2F)c1=NC. The summed E-state index contributed by atoms with van der Waals surface area (Å²) >= 11 is 11.7. The molecule has 0 aliphatic carbocycles. The summed E-state index contributed by atoms with van der Waals surface area (Å²) in [6.07, 6.45) is -3.78. The van der Waals surface area contributed by atoms with Crippen molar-refractivity contribution in [3.05, 3.63) is 51.8 Å². The monoisotopic (exact) mass is 379 g/mol. The number of benzene rings is 1. The van der Waals surface area contributed by atoms with Crippen LogP contribution in [0.3, 0.4) is 0 Å². The van der Waals surface area contributed by atoms with Crippen molar-refractivity contribution in [2.75, 3.05) is 12.8 Å². The Balaban J connectivity index is 2.97. The van der Waals surface area contributed by atoms with Crippen LogP contribution >= 0.6 is 23.2 Å². The first kappa shape index (κ1) is 18.4. The predicted octanol–water partition coefficient (Wildman–Crippen LogP) is 4.83. The summed E-state index contributed by atoms with van der Waals surface area (Å²) in [6, 6.07) is 2.82. The van der Waals surface area contributed by atoms with Gasteiger partial charge in [0.05, 0.1) is 15.7 Å². The van der Waals surface area contributed by atoms with Gasteiger partial charge in [-0.2, -0.15) is 13.2 Å². The lowest BCUT2D eigenvalue weighted by molar-refractivity contribution is -0.142. The molecule has 0 radical (unpaired) electrons. The number of nitrogens with two attached hydrogens (primary N) is 1. The van der Waals surface area contributed by atoms with E-state index in [-0.39, 0.29) is 32.3 Å². The molecule has 3 nitrogen and oxygen atoms in total. The number of halogens is 6. The van der Waals surface area contributed by atoms with E-state index in [9.17, 15) is 17.6 Å². The Morgan fingerprint density at radius 3 is 2.33 bits per heavy atom.